The number of aliphatic hydroxyl groups excluding tert-OH is 1. The Hall–Kier alpha value is -0.920. The number of halogens is 1. The quantitative estimate of drug-likeness (QED) is 0.614. The third-order valence-corrected chi connectivity index (χ3v) is 5.14. The second kappa shape index (κ2) is 7.91. The van der Waals surface area contributed by atoms with E-state index in [2.05, 4.69) is 26.4 Å². The number of rotatable bonds is 5. The first-order chi connectivity index (χ1) is 10.1. The summed E-state index contributed by atoms with van der Waals surface area (Å²) in [4.78, 5) is 17.8. The summed E-state index contributed by atoms with van der Waals surface area (Å²) in [7, 11) is 0. The third kappa shape index (κ3) is 5.09. The Morgan fingerprint density at radius 1 is 1.52 bits per heavy atom. The topological polar surface area (TPSA) is 70.9 Å². The van der Waals surface area contributed by atoms with E-state index in [0.29, 0.717) is 0 Å². The van der Waals surface area contributed by atoms with Gasteiger partial charge in [0.15, 0.2) is 6.61 Å². The molecule has 0 bridgehead atoms. The van der Waals surface area contributed by atoms with Crippen LogP contribution in [0.3, 0.4) is 0 Å². The van der Waals surface area contributed by atoms with E-state index in [9.17, 15) is 9.90 Å². The molecule has 0 spiro atoms. The summed E-state index contributed by atoms with van der Waals surface area (Å²) in [5, 5.41) is 16.5. The Balaban J connectivity index is 1.76. The summed E-state index contributed by atoms with van der Waals surface area (Å²) in [5.74, 6) is -0.245. The molecule has 0 saturated heterocycles. The van der Waals surface area contributed by atoms with Gasteiger partial charge in [0.25, 0.3) is 5.91 Å². The number of carbonyl (C=O) groups excluding carboxylic acids is 1. The average molecular weight is 375 g/mol. The molecule has 0 radical (unpaired) electrons. The molecule has 2 rings (SSSR count). The Bertz CT molecular complexity index is 518. The van der Waals surface area contributed by atoms with E-state index in [1.165, 1.54) is 0 Å². The molecule has 7 heteroatoms. The van der Waals surface area contributed by atoms with Crippen LogP contribution in [0.4, 0.5) is 0 Å². The summed E-state index contributed by atoms with van der Waals surface area (Å²) in [5.41, 5.74) is 0.733. The second-order valence-electron chi connectivity index (χ2n) is 5.08. The summed E-state index contributed by atoms with van der Waals surface area (Å²) in [6, 6.07) is 3.72. The number of amides is 1. The van der Waals surface area contributed by atoms with Crippen molar-refractivity contribution in [2.24, 2.45) is 5.16 Å². The van der Waals surface area contributed by atoms with Crippen LogP contribution in [0.5, 0.6) is 0 Å². The van der Waals surface area contributed by atoms with Crippen molar-refractivity contribution >= 4 is 38.9 Å². The largest absolute Gasteiger partial charge is 0.391 e. The summed E-state index contributed by atoms with van der Waals surface area (Å²) in [6.07, 6.45) is 3.17. The van der Waals surface area contributed by atoms with Crippen molar-refractivity contribution in [1.82, 2.24) is 5.32 Å². The first-order valence-corrected chi connectivity index (χ1v) is 8.57. The lowest BCUT2D eigenvalue weighted by Gasteiger charge is -2.28. The smallest absolute Gasteiger partial charge is 0.261 e. The first-order valence-electron chi connectivity index (χ1n) is 6.96. The van der Waals surface area contributed by atoms with E-state index < -0.39 is 6.10 Å². The predicted molar refractivity (Wildman–Crippen MR) is 86.6 cm³/mol. The van der Waals surface area contributed by atoms with Crippen LogP contribution >= 0.6 is 27.3 Å². The zero-order chi connectivity index (χ0) is 15.2. The summed E-state index contributed by atoms with van der Waals surface area (Å²) < 4.78 is 1.02. The van der Waals surface area contributed by atoms with Gasteiger partial charge in [0.1, 0.15) is 0 Å². The SMILES string of the molecule is CC(=NOCC(=O)NC1CCCCC1O)c1ccc(Br)s1. The molecular formula is C14H19BrN2O3S. The highest BCUT2D eigenvalue weighted by molar-refractivity contribution is 9.11. The zero-order valence-corrected chi connectivity index (χ0v) is 14.2. The highest BCUT2D eigenvalue weighted by Crippen LogP contribution is 2.22. The maximum Gasteiger partial charge on any atom is 0.261 e. The van der Waals surface area contributed by atoms with E-state index in [1.54, 1.807) is 11.3 Å². The number of hydrogen-bond acceptors (Lipinski definition) is 5. The number of oxime groups is 1. The lowest BCUT2D eigenvalue weighted by molar-refractivity contribution is -0.127. The fourth-order valence-corrected chi connectivity index (χ4v) is 3.59. The van der Waals surface area contributed by atoms with Crippen molar-refractivity contribution < 1.29 is 14.7 Å². The standard InChI is InChI=1S/C14H19BrN2O3S/c1-9(12-6-7-13(15)21-12)17-20-8-14(19)16-10-4-2-3-5-11(10)18/h6-7,10-11,18H,2-5,8H2,1H3,(H,16,19). The molecule has 2 atom stereocenters. The number of carbonyl (C=O) groups is 1. The molecule has 1 fully saturated rings. The van der Waals surface area contributed by atoms with Gasteiger partial charge < -0.3 is 15.3 Å². The average Bonchev–Trinajstić information content (AvgIpc) is 2.88. The number of aliphatic hydroxyl groups is 1. The summed E-state index contributed by atoms with van der Waals surface area (Å²) in [6.45, 7) is 1.70. The van der Waals surface area contributed by atoms with Crippen LogP contribution in [0, 0.1) is 0 Å². The molecule has 21 heavy (non-hydrogen) atoms. The fourth-order valence-electron chi connectivity index (χ4n) is 2.27. The van der Waals surface area contributed by atoms with Crippen LogP contribution in [-0.4, -0.2) is 35.5 Å². The minimum Gasteiger partial charge on any atom is -0.391 e. The van der Waals surface area contributed by atoms with E-state index in [1.807, 2.05) is 19.1 Å². The molecule has 0 aromatic carbocycles. The molecular weight excluding hydrogens is 356 g/mol. The minimum absolute atomic E-state index is 0.132. The van der Waals surface area contributed by atoms with Crippen molar-refractivity contribution in [2.45, 2.75) is 44.8 Å². The van der Waals surface area contributed by atoms with Crippen LogP contribution in [0.25, 0.3) is 0 Å². The van der Waals surface area contributed by atoms with Gasteiger partial charge >= 0.3 is 0 Å². The number of nitrogens with zero attached hydrogens (tertiary/aromatic N) is 1. The van der Waals surface area contributed by atoms with Crippen molar-refractivity contribution in [3.8, 4) is 0 Å². The van der Waals surface area contributed by atoms with Gasteiger partial charge in [-0.25, -0.2) is 0 Å². The van der Waals surface area contributed by atoms with Crippen molar-refractivity contribution in [2.75, 3.05) is 6.61 Å². The minimum atomic E-state index is -0.448. The maximum absolute atomic E-state index is 11.8. The maximum atomic E-state index is 11.8. The first kappa shape index (κ1) is 16.5. The lowest BCUT2D eigenvalue weighted by Crippen LogP contribution is -2.46. The van der Waals surface area contributed by atoms with Gasteiger partial charge in [-0.05, 0) is 47.8 Å². The molecule has 1 aliphatic rings. The van der Waals surface area contributed by atoms with Crippen molar-refractivity contribution in [3.63, 3.8) is 0 Å². The number of hydrogen-bond donors (Lipinski definition) is 2. The van der Waals surface area contributed by atoms with Crippen LogP contribution in [-0.2, 0) is 9.63 Å². The second-order valence-corrected chi connectivity index (χ2v) is 7.54. The molecule has 0 aliphatic heterocycles. The fraction of sp³-hybridized carbons (Fsp3) is 0.571. The van der Waals surface area contributed by atoms with Crippen LogP contribution < -0.4 is 5.32 Å². The normalized spacial score (nSPS) is 22.9. The van der Waals surface area contributed by atoms with E-state index >= 15 is 0 Å². The van der Waals surface area contributed by atoms with E-state index in [4.69, 9.17) is 4.84 Å². The summed E-state index contributed by atoms with van der Waals surface area (Å²) >= 11 is 4.94. The molecule has 1 amide bonds. The Kier molecular flexibility index (Phi) is 6.20. The molecule has 5 nitrogen and oxygen atoms in total. The van der Waals surface area contributed by atoms with Gasteiger partial charge in [0.2, 0.25) is 0 Å². The molecule has 2 unspecified atom stereocenters. The van der Waals surface area contributed by atoms with Gasteiger partial charge in [-0.2, -0.15) is 0 Å². The van der Waals surface area contributed by atoms with E-state index in [0.717, 1.165) is 40.1 Å². The van der Waals surface area contributed by atoms with E-state index in [-0.39, 0.29) is 18.6 Å². The van der Waals surface area contributed by atoms with Crippen LogP contribution in [0.2, 0.25) is 0 Å². The molecule has 1 heterocycles. The Labute approximate surface area is 136 Å². The molecule has 2 N–H and O–H groups in total. The predicted octanol–water partition coefficient (Wildman–Crippen LogP) is 2.67. The van der Waals surface area contributed by atoms with Crippen molar-refractivity contribution in [1.29, 1.82) is 0 Å². The number of nitrogens with one attached hydrogen (secondary N) is 1. The van der Waals surface area contributed by atoms with Crippen molar-refractivity contribution in [3.05, 3.63) is 20.8 Å². The zero-order valence-electron chi connectivity index (χ0n) is 11.8. The molecule has 1 saturated carbocycles. The van der Waals surface area contributed by atoms with Gasteiger partial charge in [-0.3, -0.25) is 4.79 Å². The Morgan fingerprint density at radius 2 is 2.29 bits per heavy atom. The molecule has 1 aromatic rings. The Morgan fingerprint density at radius 3 is 2.95 bits per heavy atom. The van der Waals surface area contributed by atoms with Gasteiger partial charge in [0.05, 0.1) is 26.5 Å². The van der Waals surface area contributed by atoms with Gasteiger partial charge in [-0.15, -0.1) is 11.3 Å². The highest BCUT2D eigenvalue weighted by Gasteiger charge is 2.24. The third-order valence-electron chi connectivity index (χ3n) is 3.40. The van der Waals surface area contributed by atoms with Crippen LogP contribution in [0.1, 0.15) is 37.5 Å². The molecule has 116 valence electrons. The van der Waals surface area contributed by atoms with Crippen LogP contribution in [0.15, 0.2) is 21.1 Å². The molecule has 1 aromatic heterocycles. The lowest BCUT2D eigenvalue weighted by atomic mass is 9.92. The number of thiophene rings is 1. The molecule has 1 aliphatic carbocycles. The monoisotopic (exact) mass is 374 g/mol. The van der Waals surface area contributed by atoms with Gasteiger partial charge in [0, 0.05) is 0 Å². The highest BCUT2D eigenvalue weighted by atomic mass is 79.9. The van der Waals surface area contributed by atoms with Gasteiger partial charge in [-0.1, -0.05) is 18.0 Å².